The van der Waals surface area contributed by atoms with Gasteiger partial charge in [-0.1, -0.05) is 38.1 Å². The first-order valence-electron chi connectivity index (χ1n) is 13.4. The average molecular weight is 549 g/mol. The van der Waals surface area contributed by atoms with Gasteiger partial charge in [-0.05, 0) is 11.5 Å². The smallest absolute Gasteiger partial charge is 0.219 e. The number of primary amides is 1. The molecule has 2 aliphatic rings. The van der Waals surface area contributed by atoms with E-state index in [0.29, 0.717) is 24.9 Å². The zero-order chi connectivity index (χ0) is 27.4. The van der Waals surface area contributed by atoms with Crippen LogP contribution in [0, 0.1) is 5.92 Å². The van der Waals surface area contributed by atoms with Gasteiger partial charge in [0.15, 0.2) is 11.6 Å². The molecular formula is C28H36N8O2S. The molecular weight excluding hydrogens is 512 g/mol. The maximum absolute atomic E-state index is 9.92. The van der Waals surface area contributed by atoms with Crippen LogP contribution in [0.5, 0.6) is 0 Å². The van der Waals surface area contributed by atoms with Gasteiger partial charge in [-0.25, -0.2) is 15.0 Å². The second-order valence-electron chi connectivity index (χ2n) is 10.1. The summed E-state index contributed by atoms with van der Waals surface area (Å²) in [6.45, 7) is 11.8. The number of ether oxygens (including phenoxy) is 1. The van der Waals surface area contributed by atoms with Crippen LogP contribution in [0.25, 0.3) is 32.4 Å². The lowest BCUT2D eigenvalue weighted by Crippen LogP contribution is -2.42. The second-order valence-corrected chi connectivity index (χ2v) is 11.2. The zero-order valence-electron chi connectivity index (χ0n) is 22.5. The van der Waals surface area contributed by atoms with Crippen molar-refractivity contribution in [3.05, 3.63) is 41.4 Å². The van der Waals surface area contributed by atoms with Crippen molar-refractivity contribution in [1.82, 2.24) is 25.2 Å². The number of aromatic nitrogens is 3. The Balaban J connectivity index is 0.000000465. The van der Waals surface area contributed by atoms with Crippen molar-refractivity contribution in [3.8, 4) is 11.4 Å². The number of nitrogens with zero attached hydrogens (tertiary/aromatic N) is 5. The molecule has 11 heteroatoms. The number of thiophene rings is 1. The van der Waals surface area contributed by atoms with Crippen molar-refractivity contribution >= 4 is 49.9 Å². The molecule has 10 nitrogen and oxygen atoms in total. The molecule has 0 aliphatic carbocycles. The highest BCUT2D eigenvalue weighted by Gasteiger charge is 2.22. The number of piperazine rings is 1. The van der Waals surface area contributed by atoms with Crippen molar-refractivity contribution < 1.29 is 9.53 Å². The summed E-state index contributed by atoms with van der Waals surface area (Å²) in [5.74, 6) is 1.97. The van der Waals surface area contributed by atoms with Crippen molar-refractivity contribution in [2.24, 2.45) is 11.7 Å². The topological polar surface area (TPSA) is 136 Å². The molecule has 2 fully saturated rings. The molecule has 206 valence electrons. The number of nitrogens with two attached hydrogens (primary N) is 2. The van der Waals surface area contributed by atoms with Crippen molar-refractivity contribution in [2.45, 2.75) is 20.4 Å². The highest BCUT2D eigenvalue weighted by molar-refractivity contribution is 7.19. The molecule has 5 N–H and O–H groups in total. The molecule has 1 aromatic carbocycles. The number of hydrogen-bond donors (Lipinski definition) is 3. The molecule has 2 saturated heterocycles. The van der Waals surface area contributed by atoms with Gasteiger partial charge in [-0.2, -0.15) is 0 Å². The van der Waals surface area contributed by atoms with E-state index in [1.54, 1.807) is 20.0 Å². The average Bonchev–Trinajstić information content (AvgIpc) is 3.36. The minimum absolute atomic E-state index is 0.00926. The predicted octanol–water partition coefficient (Wildman–Crippen LogP) is 2.86. The molecule has 0 spiro atoms. The Hall–Kier alpha value is -3.38. The lowest BCUT2D eigenvalue weighted by molar-refractivity contribution is -0.120. The fourth-order valence-corrected chi connectivity index (χ4v) is 5.79. The summed E-state index contributed by atoms with van der Waals surface area (Å²) < 4.78 is 6.76. The van der Waals surface area contributed by atoms with E-state index in [1.165, 1.54) is 4.88 Å². The molecule has 2 aliphatic heterocycles. The van der Waals surface area contributed by atoms with E-state index in [4.69, 9.17) is 26.2 Å². The van der Waals surface area contributed by atoms with Gasteiger partial charge in [0.05, 0.1) is 23.4 Å². The van der Waals surface area contributed by atoms with Gasteiger partial charge >= 0.3 is 0 Å². The molecule has 1 amide bonds. The van der Waals surface area contributed by atoms with Crippen LogP contribution in [0.15, 0.2) is 36.5 Å². The van der Waals surface area contributed by atoms with E-state index in [9.17, 15) is 4.79 Å². The van der Waals surface area contributed by atoms with Gasteiger partial charge in [-0.15, -0.1) is 11.3 Å². The Labute approximate surface area is 232 Å². The zero-order valence-corrected chi connectivity index (χ0v) is 23.3. The minimum Gasteiger partial charge on any atom is -0.383 e. The quantitative estimate of drug-likeness (QED) is 0.344. The highest BCUT2D eigenvalue weighted by atomic mass is 32.1. The summed E-state index contributed by atoms with van der Waals surface area (Å²) in [5, 5.41) is 5.38. The Morgan fingerprint density at radius 3 is 2.49 bits per heavy atom. The van der Waals surface area contributed by atoms with Crippen LogP contribution in [-0.2, 0) is 16.1 Å². The number of anilines is 2. The number of hydrogen-bond acceptors (Lipinski definition) is 10. The summed E-state index contributed by atoms with van der Waals surface area (Å²) in [6.07, 6.45) is 1.80. The number of carbonyl (C=O) groups excluding carboxylic acids is 1. The van der Waals surface area contributed by atoms with Gasteiger partial charge in [0.2, 0.25) is 5.91 Å². The summed E-state index contributed by atoms with van der Waals surface area (Å²) >= 11 is 1.82. The number of rotatable bonds is 5. The fraction of sp³-hybridized carbons (Fsp3) is 0.429. The van der Waals surface area contributed by atoms with Gasteiger partial charge in [0.1, 0.15) is 5.82 Å². The van der Waals surface area contributed by atoms with E-state index >= 15 is 0 Å². The Morgan fingerprint density at radius 2 is 1.79 bits per heavy atom. The first-order valence-corrected chi connectivity index (χ1v) is 14.2. The number of nitrogens with one attached hydrogen (secondary N) is 1. The third-order valence-electron chi connectivity index (χ3n) is 6.94. The highest BCUT2D eigenvalue weighted by Crippen LogP contribution is 2.36. The molecule has 0 atom stereocenters. The molecule has 6 rings (SSSR count). The van der Waals surface area contributed by atoms with E-state index < -0.39 is 0 Å². The van der Waals surface area contributed by atoms with E-state index in [2.05, 4.69) is 32.2 Å². The summed E-state index contributed by atoms with van der Waals surface area (Å²) in [7, 11) is 0. The first-order chi connectivity index (χ1) is 18.9. The van der Waals surface area contributed by atoms with Crippen LogP contribution in [0.4, 0.5) is 11.6 Å². The normalized spacial score (nSPS) is 16.4. The number of amides is 1. The third-order valence-corrected chi connectivity index (χ3v) is 8.05. The number of nitrogen functional groups attached to an aromatic ring is 1. The van der Waals surface area contributed by atoms with Crippen molar-refractivity contribution in [3.63, 3.8) is 0 Å². The molecule has 0 radical (unpaired) electrons. The molecule has 0 unspecified atom stereocenters. The van der Waals surface area contributed by atoms with Gasteiger partial charge < -0.3 is 26.4 Å². The van der Waals surface area contributed by atoms with Crippen LogP contribution < -0.4 is 21.7 Å². The summed E-state index contributed by atoms with van der Waals surface area (Å²) in [5.41, 5.74) is 12.9. The van der Waals surface area contributed by atoms with Crippen LogP contribution in [0.1, 0.15) is 18.7 Å². The number of fused-ring (bicyclic) bond motifs is 2. The van der Waals surface area contributed by atoms with Crippen LogP contribution in [0.2, 0.25) is 0 Å². The largest absolute Gasteiger partial charge is 0.383 e. The summed E-state index contributed by atoms with van der Waals surface area (Å²) in [4.78, 5) is 30.6. The number of pyridine rings is 1. The minimum atomic E-state index is -0.241. The van der Waals surface area contributed by atoms with E-state index in [1.807, 2.05) is 29.5 Å². The van der Waals surface area contributed by atoms with Gasteiger partial charge in [-0.3, -0.25) is 9.69 Å². The van der Waals surface area contributed by atoms with Crippen LogP contribution in [0.3, 0.4) is 0 Å². The molecule has 0 bridgehead atoms. The van der Waals surface area contributed by atoms with Gasteiger partial charge in [0, 0.05) is 73.8 Å². The molecule has 4 aromatic rings. The monoisotopic (exact) mass is 548 g/mol. The third kappa shape index (κ3) is 6.27. The lowest BCUT2D eigenvalue weighted by Gasteiger charge is -2.28. The SMILES string of the molecule is CC(C)C(N)=O.Nc1ncc(-c2nc(N3CCOCC3)c3sc(CN4CCNCC4)cc3n2)c2ccccc12. The second kappa shape index (κ2) is 12.2. The standard InChI is InChI=1S/C24H27N7OS.C4H9NO/c25-22-18-4-2-1-3-17(18)19(14-27-22)23-28-20-13-16(15-30-7-5-26-6-8-30)33-21(20)24(29-23)31-9-11-32-12-10-31;1-3(2)4(5)6/h1-4,13-14,26H,5-12,15H2,(H2,25,27);3H,1-2H3,(H2,5,6). The number of morpholine rings is 1. The Kier molecular flexibility index (Phi) is 8.51. The summed E-state index contributed by atoms with van der Waals surface area (Å²) in [6, 6.07) is 10.3. The van der Waals surface area contributed by atoms with Crippen molar-refractivity contribution in [1.29, 1.82) is 0 Å². The van der Waals surface area contributed by atoms with Crippen molar-refractivity contribution in [2.75, 3.05) is 63.1 Å². The number of benzene rings is 1. The number of carbonyl (C=O) groups is 1. The Bertz CT molecular complexity index is 1440. The van der Waals surface area contributed by atoms with Crippen LogP contribution >= 0.6 is 11.3 Å². The fourth-order valence-electron chi connectivity index (χ4n) is 4.63. The van der Waals surface area contributed by atoms with Crippen LogP contribution in [-0.4, -0.2) is 78.2 Å². The predicted molar refractivity (Wildman–Crippen MR) is 158 cm³/mol. The molecule has 3 aromatic heterocycles. The van der Waals surface area contributed by atoms with Gasteiger partial charge in [0.25, 0.3) is 0 Å². The van der Waals surface area contributed by atoms with E-state index in [0.717, 1.165) is 78.2 Å². The first kappa shape index (κ1) is 27.2. The Morgan fingerprint density at radius 1 is 1.10 bits per heavy atom. The maximum Gasteiger partial charge on any atom is 0.219 e. The molecule has 39 heavy (non-hydrogen) atoms. The van der Waals surface area contributed by atoms with E-state index in [-0.39, 0.29) is 11.8 Å². The lowest BCUT2D eigenvalue weighted by atomic mass is 10.1. The molecule has 5 heterocycles. The maximum atomic E-state index is 9.92. The molecule has 0 saturated carbocycles.